The zero-order chi connectivity index (χ0) is 15.2. The van der Waals surface area contributed by atoms with Crippen LogP contribution >= 0.6 is 22.6 Å². The third kappa shape index (κ3) is 2.84. The number of H-pyrrole nitrogens is 1. The Morgan fingerprint density at radius 2 is 2.19 bits per heavy atom. The Bertz CT molecular complexity index is 713. The van der Waals surface area contributed by atoms with Gasteiger partial charge in [-0.25, -0.2) is 0 Å². The minimum Gasteiger partial charge on any atom is -0.352 e. The molecule has 0 saturated carbocycles. The maximum absolute atomic E-state index is 12.2. The number of nitrogens with one attached hydrogen (secondary N) is 2. The molecule has 0 aliphatic heterocycles. The summed E-state index contributed by atoms with van der Waals surface area (Å²) in [7, 11) is 0. The van der Waals surface area contributed by atoms with Crippen LogP contribution in [0.2, 0.25) is 0 Å². The van der Waals surface area contributed by atoms with Gasteiger partial charge in [-0.1, -0.05) is 26.8 Å². The van der Waals surface area contributed by atoms with Gasteiger partial charge in [-0.05, 0) is 45.7 Å². The van der Waals surface area contributed by atoms with E-state index in [4.69, 9.17) is 0 Å². The molecule has 0 unspecified atom stereocenters. The summed E-state index contributed by atoms with van der Waals surface area (Å²) in [6, 6.07) is 5.88. The number of amides is 1. The van der Waals surface area contributed by atoms with E-state index in [-0.39, 0.29) is 11.3 Å². The Hall–Kier alpha value is -1.37. The number of carbonyl (C=O) groups is 1. The van der Waals surface area contributed by atoms with Crippen molar-refractivity contribution in [2.45, 2.75) is 27.2 Å². The van der Waals surface area contributed by atoms with Gasteiger partial charge in [0.2, 0.25) is 0 Å². The fourth-order valence-corrected chi connectivity index (χ4v) is 3.04. The molecule has 1 aliphatic rings. The van der Waals surface area contributed by atoms with E-state index in [1.54, 1.807) is 0 Å². The molecule has 1 amide bonds. The topological polar surface area (TPSA) is 57.8 Å². The molecule has 2 aromatic rings. The monoisotopic (exact) mass is 395 g/mol. The predicted octanol–water partition coefficient (Wildman–Crippen LogP) is 3.36. The van der Waals surface area contributed by atoms with Crippen molar-refractivity contribution >= 4 is 28.5 Å². The summed E-state index contributed by atoms with van der Waals surface area (Å²) < 4.78 is 1.08. The Kier molecular flexibility index (Phi) is 3.55. The molecule has 1 aromatic heterocycles. The predicted molar refractivity (Wildman–Crippen MR) is 91.3 cm³/mol. The van der Waals surface area contributed by atoms with E-state index in [0.717, 1.165) is 26.9 Å². The number of nitrogens with zero attached hydrogens (tertiary/aromatic N) is 1. The number of carbonyl (C=O) groups excluding carboxylic acids is 1. The first-order valence-electron chi connectivity index (χ1n) is 6.99. The molecule has 21 heavy (non-hydrogen) atoms. The van der Waals surface area contributed by atoms with Crippen LogP contribution in [-0.2, 0) is 6.42 Å². The molecule has 1 aliphatic carbocycles. The number of hydrogen-bond donors (Lipinski definition) is 2. The average molecular weight is 395 g/mol. The second-order valence-corrected chi connectivity index (χ2v) is 7.74. The molecule has 4 nitrogen and oxygen atoms in total. The first-order valence-corrected chi connectivity index (χ1v) is 8.07. The standard InChI is InChI=1S/C16H18IN3O/c1-16(2,3)8-18-15(21)9-4-5-11-10(6-9)7-12-13(11)19-20-14(12)17/h4-6H,7-8H2,1-3H3,(H,18,21)(H,19,20). The fraction of sp³-hybridized carbons (Fsp3) is 0.375. The molecule has 110 valence electrons. The Labute approximate surface area is 137 Å². The molecular formula is C16H18IN3O. The van der Waals surface area contributed by atoms with Crippen molar-refractivity contribution in [2.75, 3.05) is 6.54 Å². The quantitative estimate of drug-likeness (QED) is 0.654. The molecule has 2 N–H and O–H groups in total. The Morgan fingerprint density at radius 1 is 1.43 bits per heavy atom. The lowest BCUT2D eigenvalue weighted by molar-refractivity contribution is 0.0939. The number of fused-ring (bicyclic) bond motifs is 3. The third-order valence-electron chi connectivity index (χ3n) is 3.59. The summed E-state index contributed by atoms with van der Waals surface area (Å²) in [4.78, 5) is 12.2. The number of hydrogen-bond acceptors (Lipinski definition) is 2. The van der Waals surface area contributed by atoms with Crippen LogP contribution in [0.15, 0.2) is 18.2 Å². The normalized spacial score (nSPS) is 13.0. The van der Waals surface area contributed by atoms with E-state index in [1.165, 1.54) is 11.1 Å². The van der Waals surface area contributed by atoms with Crippen molar-refractivity contribution in [3.05, 3.63) is 38.6 Å². The molecule has 0 bridgehead atoms. The Morgan fingerprint density at radius 3 is 2.90 bits per heavy atom. The summed E-state index contributed by atoms with van der Waals surface area (Å²) >= 11 is 2.27. The summed E-state index contributed by atoms with van der Waals surface area (Å²) in [6.45, 7) is 6.99. The van der Waals surface area contributed by atoms with Gasteiger partial charge in [0, 0.05) is 29.7 Å². The van der Waals surface area contributed by atoms with Gasteiger partial charge in [0.05, 0.1) is 9.39 Å². The summed E-state index contributed by atoms with van der Waals surface area (Å²) in [6.07, 6.45) is 0.847. The van der Waals surface area contributed by atoms with Gasteiger partial charge in [0.1, 0.15) is 0 Å². The molecule has 1 heterocycles. The van der Waals surface area contributed by atoms with E-state index in [0.29, 0.717) is 6.54 Å². The number of halogens is 1. The minimum absolute atomic E-state index is 0.00600. The van der Waals surface area contributed by atoms with E-state index < -0.39 is 0 Å². The molecule has 5 heteroatoms. The Balaban J connectivity index is 1.82. The van der Waals surface area contributed by atoms with Crippen molar-refractivity contribution < 1.29 is 4.79 Å². The van der Waals surface area contributed by atoms with Crippen LogP contribution in [0.3, 0.4) is 0 Å². The van der Waals surface area contributed by atoms with E-state index >= 15 is 0 Å². The lowest BCUT2D eigenvalue weighted by Gasteiger charge is -2.18. The molecule has 0 fully saturated rings. The van der Waals surface area contributed by atoms with E-state index in [1.807, 2.05) is 18.2 Å². The molecule has 0 spiro atoms. The van der Waals surface area contributed by atoms with Gasteiger partial charge in [0.25, 0.3) is 5.91 Å². The lowest BCUT2D eigenvalue weighted by atomic mass is 9.96. The van der Waals surface area contributed by atoms with Gasteiger partial charge in [-0.15, -0.1) is 0 Å². The first kappa shape index (κ1) is 14.6. The van der Waals surface area contributed by atoms with Crippen LogP contribution in [0.4, 0.5) is 0 Å². The van der Waals surface area contributed by atoms with Gasteiger partial charge in [0.15, 0.2) is 0 Å². The smallest absolute Gasteiger partial charge is 0.251 e. The minimum atomic E-state index is -0.00600. The molecule has 3 rings (SSSR count). The fourth-order valence-electron chi connectivity index (χ4n) is 2.48. The van der Waals surface area contributed by atoms with Gasteiger partial charge < -0.3 is 5.32 Å². The highest BCUT2D eigenvalue weighted by Crippen LogP contribution is 2.37. The van der Waals surface area contributed by atoms with Gasteiger partial charge in [-0.3, -0.25) is 9.89 Å². The largest absolute Gasteiger partial charge is 0.352 e. The van der Waals surface area contributed by atoms with Crippen molar-refractivity contribution in [2.24, 2.45) is 5.41 Å². The van der Waals surface area contributed by atoms with Crippen molar-refractivity contribution in [3.63, 3.8) is 0 Å². The van der Waals surface area contributed by atoms with Crippen LogP contribution in [0.1, 0.15) is 42.3 Å². The number of aromatic amines is 1. The number of aromatic nitrogens is 2. The SMILES string of the molecule is CC(C)(C)CNC(=O)c1ccc2c(c1)Cc1c-2n[nH]c1I. The molecule has 0 radical (unpaired) electrons. The van der Waals surface area contributed by atoms with Crippen molar-refractivity contribution in [3.8, 4) is 11.3 Å². The highest BCUT2D eigenvalue weighted by Gasteiger charge is 2.24. The molecule has 0 saturated heterocycles. The van der Waals surface area contributed by atoms with Crippen LogP contribution in [0.5, 0.6) is 0 Å². The highest BCUT2D eigenvalue weighted by atomic mass is 127. The first-order chi connectivity index (χ1) is 9.85. The maximum Gasteiger partial charge on any atom is 0.251 e. The summed E-state index contributed by atoms with van der Waals surface area (Å²) in [5.41, 5.74) is 5.39. The molecule has 0 atom stereocenters. The van der Waals surface area contributed by atoms with Crippen LogP contribution in [-0.4, -0.2) is 22.6 Å². The maximum atomic E-state index is 12.2. The highest BCUT2D eigenvalue weighted by molar-refractivity contribution is 14.1. The molecular weight excluding hydrogens is 377 g/mol. The van der Waals surface area contributed by atoms with Crippen molar-refractivity contribution in [1.82, 2.24) is 15.5 Å². The molecule has 1 aromatic carbocycles. The second-order valence-electron chi connectivity index (χ2n) is 6.66. The van der Waals surface area contributed by atoms with Crippen LogP contribution in [0.25, 0.3) is 11.3 Å². The lowest BCUT2D eigenvalue weighted by Crippen LogP contribution is -2.32. The summed E-state index contributed by atoms with van der Waals surface area (Å²) in [5.74, 6) is -0.00600. The third-order valence-corrected chi connectivity index (χ3v) is 4.48. The zero-order valence-corrected chi connectivity index (χ0v) is 14.5. The summed E-state index contributed by atoms with van der Waals surface area (Å²) in [5, 5.41) is 10.4. The van der Waals surface area contributed by atoms with Gasteiger partial charge >= 0.3 is 0 Å². The van der Waals surface area contributed by atoms with Gasteiger partial charge in [-0.2, -0.15) is 5.10 Å². The zero-order valence-electron chi connectivity index (χ0n) is 12.4. The average Bonchev–Trinajstić information content (AvgIpc) is 2.95. The van der Waals surface area contributed by atoms with E-state index in [9.17, 15) is 4.79 Å². The van der Waals surface area contributed by atoms with Crippen LogP contribution < -0.4 is 5.32 Å². The van der Waals surface area contributed by atoms with Crippen LogP contribution in [0, 0.1) is 9.12 Å². The number of benzene rings is 1. The van der Waals surface area contributed by atoms with E-state index in [2.05, 4.69) is 58.9 Å². The second kappa shape index (κ2) is 5.12. The number of rotatable bonds is 2. The van der Waals surface area contributed by atoms with Crippen molar-refractivity contribution in [1.29, 1.82) is 0 Å².